The number of nitrogens with one attached hydrogen (secondary N) is 1. The first-order valence-corrected chi connectivity index (χ1v) is 4.34. The van der Waals surface area contributed by atoms with Gasteiger partial charge in [-0.1, -0.05) is 0 Å². The van der Waals surface area contributed by atoms with E-state index in [9.17, 15) is 4.79 Å². The zero-order valence-corrected chi connectivity index (χ0v) is 7.18. The molecule has 70 valence electrons. The summed E-state index contributed by atoms with van der Waals surface area (Å²) in [5, 5.41) is 11.7. The maximum atomic E-state index is 11.1. The Hall–Kier alpha value is -0.610. The van der Waals surface area contributed by atoms with Gasteiger partial charge in [-0.05, 0) is 25.8 Å². The van der Waals surface area contributed by atoms with E-state index >= 15 is 0 Å². The molecule has 1 amide bonds. The van der Waals surface area contributed by atoms with Crippen molar-refractivity contribution in [2.75, 3.05) is 13.2 Å². The van der Waals surface area contributed by atoms with Gasteiger partial charge in [-0.3, -0.25) is 4.79 Å². The molecule has 0 aliphatic heterocycles. The third-order valence-corrected chi connectivity index (χ3v) is 2.17. The molecule has 1 rings (SSSR count). The molecule has 1 aliphatic rings. The molecule has 0 unspecified atom stereocenters. The van der Waals surface area contributed by atoms with Crippen LogP contribution in [0, 0.1) is 0 Å². The predicted molar refractivity (Wildman–Crippen MR) is 45.5 cm³/mol. The van der Waals surface area contributed by atoms with Gasteiger partial charge >= 0.3 is 0 Å². The van der Waals surface area contributed by atoms with E-state index in [4.69, 9.17) is 10.8 Å². The Morgan fingerprint density at radius 3 is 2.67 bits per heavy atom. The van der Waals surface area contributed by atoms with Crippen molar-refractivity contribution < 1.29 is 9.90 Å². The van der Waals surface area contributed by atoms with Gasteiger partial charge in [0.15, 0.2) is 0 Å². The lowest BCUT2D eigenvalue weighted by molar-refractivity contribution is -0.122. The van der Waals surface area contributed by atoms with Gasteiger partial charge in [0.05, 0.1) is 12.1 Å². The molecule has 1 fully saturated rings. The molecule has 0 heterocycles. The monoisotopic (exact) mass is 172 g/mol. The van der Waals surface area contributed by atoms with Crippen molar-refractivity contribution in [1.29, 1.82) is 0 Å². The molecule has 0 saturated heterocycles. The summed E-state index contributed by atoms with van der Waals surface area (Å²) in [7, 11) is 0. The summed E-state index contributed by atoms with van der Waals surface area (Å²) >= 11 is 0. The van der Waals surface area contributed by atoms with Crippen LogP contribution in [0.4, 0.5) is 0 Å². The fourth-order valence-corrected chi connectivity index (χ4v) is 1.09. The Labute approximate surface area is 72.1 Å². The number of carbonyl (C=O) groups excluding carboxylic acids is 1. The molecule has 0 aromatic rings. The van der Waals surface area contributed by atoms with Crippen LogP contribution in [-0.2, 0) is 4.79 Å². The van der Waals surface area contributed by atoms with E-state index in [-0.39, 0.29) is 18.1 Å². The van der Waals surface area contributed by atoms with Crippen LogP contribution in [-0.4, -0.2) is 29.7 Å². The van der Waals surface area contributed by atoms with Crippen LogP contribution in [0.1, 0.15) is 25.7 Å². The van der Waals surface area contributed by atoms with Crippen molar-refractivity contribution in [3.8, 4) is 0 Å². The van der Waals surface area contributed by atoms with Crippen LogP contribution >= 0.6 is 0 Å². The Bertz CT molecular complexity index is 166. The minimum Gasteiger partial charge on any atom is -0.394 e. The number of aliphatic hydroxyl groups excluding tert-OH is 1. The molecule has 12 heavy (non-hydrogen) atoms. The van der Waals surface area contributed by atoms with Crippen LogP contribution < -0.4 is 11.1 Å². The normalized spacial score (nSPS) is 18.8. The topological polar surface area (TPSA) is 75.4 Å². The molecule has 4 heteroatoms. The summed E-state index contributed by atoms with van der Waals surface area (Å²) in [6, 6.07) is 0. The average Bonchev–Trinajstić information content (AvgIpc) is 2.82. The van der Waals surface area contributed by atoms with Crippen LogP contribution in [0.15, 0.2) is 0 Å². The van der Waals surface area contributed by atoms with E-state index in [0.717, 1.165) is 12.8 Å². The van der Waals surface area contributed by atoms with Gasteiger partial charge in [-0.25, -0.2) is 0 Å². The maximum absolute atomic E-state index is 11.1. The second kappa shape index (κ2) is 3.87. The highest BCUT2D eigenvalue weighted by atomic mass is 16.3. The Morgan fingerprint density at radius 2 is 2.25 bits per heavy atom. The van der Waals surface area contributed by atoms with Crippen LogP contribution in [0.3, 0.4) is 0 Å². The Balaban J connectivity index is 2.17. The quantitative estimate of drug-likeness (QED) is 0.516. The summed E-state index contributed by atoms with van der Waals surface area (Å²) < 4.78 is 0. The first-order valence-electron chi connectivity index (χ1n) is 4.34. The van der Waals surface area contributed by atoms with Crippen LogP contribution in [0.2, 0.25) is 0 Å². The zero-order valence-electron chi connectivity index (χ0n) is 7.18. The lowest BCUT2D eigenvalue weighted by atomic mass is 10.2. The summed E-state index contributed by atoms with van der Waals surface area (Å²) in [6.07, 6.45) is 2.99. The van der Waals surface area contributed by atoms with E-state index in [1.165, 1.54) is 0 Å². The molecule has 1 saturated carbocycles. The number of aliphatic hydroxyl groups is 1. The molecule has 0 spiro atoms. The molecule has 0 bridgehead atoms. The molecule has 4 nitrogen and oxygen atoms in total. The summed E-state index contributed by atoms with van der Waals surface area (Å²) in [5.41, 5.74) is 4.99. The molecule has 4 N–H and O–H groups in total. The average molecular weight is 172 g/mol. The van der Waals surface area contributed by atoms with Crippen molar-refractivity contribution in [3.63, 3.8) is 0 Å². The first kappa shape index (κ1) is 9.48. The van der Waals surface area contributed by atoms with Crippen molar-refractivity contribution in [2.45, 2.75) is 31.2 Å². The van der Waals surface area contributed by atoms with Gasteiger partial charge in [0, 0.05) is 6.42 Å². The third kappa shape index (κ3) is 2.46. The largest absolute Gasteiger partial charge is 0.394 e. The molecule has 0 atom stereocenters. The van der Waals surface area contributed by atoms with E-state index in [1.54, 1.807) is 0 Å². The number of carbonyl (C=O) groups is 1. The molecular formula is C8H16N2O2. The van der Waals surface area contributed by atoms with E-state index in [1.807, 2.05) is 0 Å². The fourth-order valence-electron chi connectivity index (χ4n) is 1.09. The smallest absolute Gasteiger partial charge is 0.220 e. The number of hydrogen-bond acceptors (Lipinski definition) is 3. The fraction of sp³-hybridized carbons (Fsp3) is 0.875. The second-order valence-electron chi connectivity index (χ2n) is 3.38. The van der Waals surface area contributed by atoms with Crippen molar-refractivity contribution in [2.24, 2.45) is 5.73 Å². The lowest BCUT2D eigenvalue weighted by Gasteiger charge is -2.13. The van der Waals surface area contributed by atoms with E-state index in [0.29, 0.717) is 19.4 Å². The highest BCUT2D eigenvalue weighted by Crippen LogP contribution is 2.34. The molecule has 0 radical (unpaired) electrons. The zero-order chi connectivity index (χ0) is 9.03. The lowest BCUT2D eigenvalue weighted by Crippen LogP contribution is -2.39. The summed E-state index contributed by atoms with van der Waals surface area (Å²) in [4.78, 5) is 11.1. The Kier molecular flexibility index (Phi) is 3.05. The van der Waals surface area contributed by atoms with Crippen molar-refractivity contribution in [1.82, 2.24) is 5.32 Å². The van der Waals surface area contributed by atoms with Gasteiger partial charge in [-0.2, -0.15) is 0 Å². The molecule has 0 aromatic heterocycles. The highest BCUT2D eigenvalue weighted by Gasteiger charge is 2.43. The SMILES string of the molecule is NCCCC(=O)NC1(CO)CC1. The summed E-state index contributed by atoms with van der Waals surface area (Å²) in [6.45, 7) is 0.598. The molecular weight excluding hydrogens is 156 g/mol. The highest BCUT2D eigenvalue weighted by molar-refractivity contribution is 5.77. The number of hydrogen-bond donors (Lipinski definition) is 3. The summed E-state index contributed by atoms with van der Waals surface area (Å²) in [5.74, 6) is 0.00648. The second-order valence-corrected chi connectivity index (χ2v) is 3.38. The third-order valence-electron chi connectivity index (χ3n) is 2.17. The first-order chi connectivity index (χ1) is 5.72. The molecule has 1 aliphatic carbocycles. The van der Waals surface area contributed by atoms with Crippen LogP contribution in [0.25, 0.3) is 0 Å². The van der Waals surface area contributed by atoms with Gasteiger partial charge in [0.25, 0.3) is 0 Å². The van der Waals surface area contributed by atoms with Gasteiger partial charge in [0.2, 0.25) is 5.91 Å². The van der Waals surface area contributed by atoms with Gasteiger partial charge in [0.1, 0.15) is 0 Å². The number of rotatable bonds is 5. The van der Waals surface area contributed by atoms with Crippen LogP contribution in [0.5, 0.6) is 0 Å². The predicted octanol–water partition coefficient (Wildman–Crippen LogP) is -0.634. The van der Waals surface area contributed by atoms with E-state index < -0.39 is 0 Å². The minimum atomic E-state index is -0.272. The molecule has 0 aromatic carbocycles. The van der Waals surface area contributed by atoms with Gasteiger partial charge in [-0.15, -0.1) is 0 Å². The number of nitrogens with two attached hydrogens (primary N) is 1. The maximum Gasteiger partial charge on any atom is 0.220 e. The van der Waals surface area contributed by atoms with Crippen molar-refractivity contribution in [3.05, 3.63) is 0 Å². The number of amides is 1. The van der Waals surface area contributed by atoms with E-state index in [2.05, 4.69) is 5.32 Å². The Morgan fingerprint density at radius 1 is 1.58 bits per heavy atom. The minimum absolute atomic E-state index is 0.00648. The van der Waals surface area contributed by atoms with Gasteiger partial charge < -0.3 is 16.2 Å². The van der Waals surface area contributed by atoms with Crippen molar-refractivity contribution >= 4 is 5.91 Å². The standard InChI is InChI=1S/C8H16N2O2/c9-5-1-2-7(12)10-8(6-11)3-4-8/h11H,1-6,9H2,(H,10,12).